The number of aromatic nitrogens is 2. The Bertz CT molecular complexity index is 546. The number of thioether (sulfide) groups is 1. The number of hydrogen-bond donors (Lipinski definition) is 1. The summed E-state index contributed by atoms with van der Waals surface area (Å²) >= 11 is 1.71. The van der Waals surface area contributed by atoms with E-state index >= 15 is 0 Å². The lowest BCUT2D eigenvalue weighted by atomic mass is 9.78. The van der Waals surface area contributed by atoms with E-state index in [1.807, 2.05) is 12.1 Å². The van der Waals surface area contributed by atoms with E-state index in [4.69, 9.17) is 10.3 Å². The molecule has 2 N–H and O–H groups in total. The molecule has 0 bridgehead atoms. The first-order chi connectivity index (χ1) is 8.71. The summed E-state index contributed by atoms with van der Waals surface area (Å²) in [7, 11) is 0. The minimum absolute atomic E-state index is 0.384. The van der Waals surface area contributed by atoms with Gasteiger partial charge in [-0.05, 0) is 49.8 Å². The molecule has 0 atom stereocenters. The van der Waals surface area contributed by atoms with E-state index in [2.05, 4.69) is 28.5 Å². The van der Waals surface area contributed by atoms with Crippen molar-refractivity contribution in [3.8, 4) is 11.4 Å². The van der Waals surface area contributed by atoms with Gasteiger partial charge in [-0.25, -0.2) is 0 Å². The molecule has 0 amide bonds. The second kappa shape index (κ2) is 4.40. The monoisotopic (exact) mass is 261 g/mol. The molecule has 4 nitrogen and oxygen atoms in total. The van der Waals surface area contributed by atoms with E-state index in [-0.39, 0.29) is 5.54 Å². The molecule has 2 aromatic rings. The van der Waals surface area contributed by atoms with Gasteiger partial charge in [0.1, 0.15) is 0 Å². The van der Waals surface area contributed by atoms with E-state index in [1.165, 1.54) is 4.90 Å². The minimum Gasteiger partial charge on any atom is -0.337 e. The summed E-state index contributed by atoms with van der Waals surface area (Å²) in [4.78, 5) is 5.64. The maximum Gasteiger partial charge on any atom is 0.247 e. The van der Waals surface area contributed by atoms with E-state index < -0.39 is 0 Å². The quantitative estimate of drug-likeness (QED) is 0.861. The molecule has 1 heterocycles. The van der Waals surface area contributed by atoms with Crippen molar-refractivity contribution >= 4 is 11.8 Å². The van der Waals surface area contributed by atoms with Crippen molar-refractivity contribution in [1.29, 1.82) is 0 Å². The Morgan fingerprint density at radius 3 is 2.56 bits per heavy atom. The van der Waals surface area contributed by atoms with Crippen molar-refractivity contribution in [2.75, 3.05) is 6.26 Å². The van der Waals surface area contributed by atoms with Gasteiger partial charge in [-0.15, -0.1) is 11.8 Å². The highest BCUT2D eigenvalue weighted by atomic mass is 32.2. The number of rotatable bonds is 3. The van der Waals surface area contributed by atoms with Crippen molar-refractivity contribution in [3.05, 3.63) is 30.2 Å². The molecule has 0 unspecified atom stereocenters. The highest BCUT2D eigenvalue weighted by Crippen LogP contribution is 2.38. The van der Waals surface area contributed by atoms with Gasteiger partial charge in [0.2, 0.25) is 11.7 Å². The Labute approximate surface area is 110 Å². The molecule has 94 valence electrons. The van der Waals surface area contributed by atoms with Gasteiger partial charge in [0, 0.05) is 10.5 Å². The van der Waals surface area contributed by atoms with Crippen LogP contribution >= 0.6 is 11.8 Å². The maximum atomic E-state index is 6.16. The largest absolute Gasteiger partial charge is 0.337 e. The molecule has 18 heavy (non-hydrogen) atoms. The first kappa shape index (κ1) is 11.7. The summed E-state index contributed by atoms with van der Waals surface area (Å²) in [5.74, 6) is 1.19. The standard InChI is InChI=1S/C13H15N3OS/c1-18-10-5-3-9(4-6-10)11-15-12(17-16-11)13(14)7-2-8-13/h3-6H,2,7-8,14H2,1H3. The fraction of sp³-hybridized carbons (Fsp3) is 0.385. The number of hydrogen-bond acceptors (Lipinski definition) is 5. The molecular weight excluding hydrogens is 246 g/mol. The van der Waals surface area contributed by atoms with Crippen LogP contribution in [0.2, 0.25) is 0 Å². The fourth-order valence-corrected chi connectivity index (χ4v) is 2.46. The zero-order chi connectivity index (χ0) is 12.6. The molecule has 0 radical (unpaired) electrons. The average molecular weight is 261 g/mol. The fourth-order valence-electron chi connectivity index (χ4n) is 2.05. The molecule has 1 aliphatic carbocycles. The van der Waals surface area contributed by atoms with Crippen molar-refractivity contribution in [2.24, 2.45) is 5.73 Å². The van der Waals surface area contributed by atoms with Crippen LogP contribution in [0.25, 0.3) is 11.4 Å². The molecule has 5 heteroatoms. The second-order valence-corrected chi connectivity index (χ2v) is 5.54. The summed E-state index contributed by atoms with van der Waals surface area (Å²) in [6.45, 7) is 0. The van der Waals surface area contributed by atoms with E-state index in [0.717, 1.165) is 24.8 Å². The molecule has 0 saturated heterocycles. The number of nitrogens with two attached hydrogens (primary N) is 1. The van der Waals surface area contributed by atoms with Gasteiger partial charge in [-0.2, -0.15) is 4.98 Å². The minimum atomic E-state index is -0.384. The third-order valence-electron chi connectivity index (χ3n) is 3.45. The Morgan fingerprint density at radius 1 is 1.28 bits per heavy atom. The Balaban J connectivity index is 1.88. The zero-order valence-electron chi connectivity index (χ0n) is 10.2. The van der Waals surface area contributed by atoms with Crippen LogP contribution in [0.1, 0.15) is 25.2 Å². The third-order valence-corrected chi connectivity index (χ3v) is 4.19. The van der Waals surface area contributed by atoms with E-state index in [9.17, 15) is 0 Å². The topological polar surface area (TPSA) is 64.9 Å². The molecular formula is C13H15N3OS. The Kier molecular flexibility index (Phi) is 2.87. The van der Waals surface area contributed by atoms with E-state index in [1.54, 1.807) is 11.8 Å². The summed E-state index contributed by atoms with van der Waals surface area (Å²) in [6, 6.07) is 8.12. The molecule has 0 spiro atoms. The lowest BCUT2D eigenvalue weighted by molar-refractivity contribution is 0.181. The van der Waals surface area contributed by atoms with Gasteiger partial charge in [0.05, 0.1) is 5.54 Å². The second-order valence-electron chi connectivity index (χ2n) is 4.66. The van der Waals surface area contributed by atoms with Crippen LogP contribution in [0.5, 0.6) is 0 Å². The van der Waals surface area contributed by atoms with Crippen LogP contribution in [0.15, 0.2) is 33.7 Å². The smallest absolute Gasteiger partial charge is 0.247 e. The zero-order valence-corrected chi connectivity index (χ0v) is 11.0. The first-order valence-electron chi connectivity index (χ1n) is 5.99. The molecule has 3 rings (SSSR count). The summed E-state index contributed by atoms with van der Waals surface area (Å²) in [5, 5.41) is 4.02. The van der Waals surface area contributed by atoms with Gasteiger partial charge in [0.25, 0.3) is 0 Å². The molecule has 1 aliphatic rings. The molecule has 0 aliphatic heterocycles. The summed E-state index contributed by atoms with van der Waals surface area (Å²) in [5.41, 5.74) is 6.74. The number of benzene rings is 1. The van der Waals surface area contributed by atoms with Crippen LogP contribution in [-0.4, -0.2) is 16.4 Å². The Morgan fingerprint density at radius 2 is 2.00 bits per heavy atom. The van der Waals surface area contributed by atoms with Gasteiger partial charge in [-0.1, -0.05) is 5.16 Å². The van der Waals surface area contributed by atoms with Gasteiger partial charge in [-0.3, -0.25) is 0 Å². The number of nitrogens with zero attached hydrogens (tertiary/aromatic N) is 2. The Hall–Kier alpha value is -1.33. The summed E-state index contributed by atoms with van der Waals surface area (Å²) in [6.07, 6.45) is 5.05. The molecule has 1 aromatic heterocycles. The molecule has 1 saturated carbocycles. The van der Waals surface area contributed by atoms with Crippen LogP contribution in [0.4, 0.5) is 0 Å². The SMILES string of the molecule is CSc1ccc(-c2noc(C3(N)CCC3)n2)cc1. The van der Waals surface area contributed by atoms with Crippen molar-refractivity contribution in [2.45, 2.75) is 29.7 Å². The van der Waals surface area contributed by atoms with Crippen molar-refractivity contribution in [1.82, 2.24) is 10.1 Å². The van der Waals surface area contributed by atoms with Crippen molar-refractivity contribution in [3.63, 3.8) is 0 Å². The van der Waals surface area contributed by atoms with Gasteiger partial charge < -0.3 is 10.3 Å². The predicted octanol–water partition coefficient (Wildman–Crippen LogP) is 2.80. The maximum absolute atomic E-state index is 6.16. The highest BCUT2D eigenvalue weighted by Gasteiger charge is 2.39. The lowest BCUT2D eigenvalue weighted by Crippen LogP contribution is -2.43. The summed E-state index contributed by atoms with van der Waals surface area (Å²) < 4.78 is 5.29. The molecule has 1 fully saturated rings. The third kappa shape index (κ3) is 1.93. The lowest BCUT2D eigenvalue weighted by Gasteiger charge is -2.33. The van der Waals surface area contributed by atoms with Crippen molar-refractivity contribution < 1.29 is 4.52 Å². The van der Waals surface area contributed by atoms with Crippen LogP contribution in [0.3, 0.4) is 0 Å². The van der Waals surface area contributed by atoms with Crippen LogP contribution < -0.4 is 5.73 Å². The van der Waals surface area contributed by atoms with Crippen LogP contribution in [0, 0.1) is 0 Å². The van der Waals surface area contributed by atoms with E-state index in [0.29, 0.717) is 11.7 Å². The molecule has 1 aromatic carbocycles. The normalized spacial score (nSPS) is 17.4. The first-order valence-corrected chi connectivity index (χ1v) is 7.21. The van der Waals surface area contributed by atoms with Gasteiger partial charge in [0.15, 0.2) is 0 Å². The average Bonchev–Trinajstić information content (AvgIpc) is 2.86. The van der Waals surface area contributed by atoms with Crippen LogP contribution in [-0.2, 0) is 5.54 Å². The predicted molar refractivity (Wildman–Crippen MR) is 71.2 cm³/mol. The highest BCUT2D eigenvalue weighted by molar-refractivity contribution is 7.98. The van der Waals surface area contributed by atoms with Gasteiger partial charge >= 0.3 is 0 Å².